The third kappa shape index (κ3) is 3.29. The molecule has 1 amide bonds. The minimum Gasteiger partial charge on any atom is -0.399 e. The molecule has 2 aliphatic heterocycles. The van der Waals surface area contributed by atoms with Crippen molar-refractivity contribution >= 4 is 18.5 Å². The molecule has 0 aromatic heterocycles. The summed E-state index contributed by atoms with van der Waals surface area (Å²) < 4.78 is 27.2. The van der Waals surface area contributed by atoms with E-state index in [-0.39, 0.29) is 17.5 Å². The number of likely N-dealkylation sites (tertiary alicyclic amines) is 1. The molecule has 1 aromatic carbocycles. The number of carbonyl (C=O) groups is 1. The Balaban J connectivity index is 1.89. The predicted octanol–water partition coefficient (Wildman–Crippen LogP) is 3.53. The van der Waals surface area contributed by atoms with Crippen LogP contribution in [-0.4, -0.2) is 41.7 Å². The highest BCUT2D eigenvalue weighted by atomic mass is 19.1. The fraction of sp³-hybridized carbons (Fsp3) is 0.650. The second kappa shape index (κ2) is 6.97. The van der Waals surface area contributed by atoms with E-state index in [1.807, 2.05) is 32.6 Å². The maximum atomic E-state index is 15.3. The minimum atomic E-state index is -0.809. The quantitative estimate of drug-likeness (QED) is 0.774. The van der Waals surface area contributed by atoms with Crippen LogP contribution in [-0.2, 0) is 9.31 Å². The van der Waals surface area contributed by atoms with Crippen molar-refractivity contribution in [3.05, 3.63) is 29.6 Å². The highest BCUT2D eigenvalue weighted by Crippen LogP contribution is 2.36. The first kappa shape index (κ1) is 19.4. The van der Waals surface area contributed by atoms with Crippen molar-refractivity contribution in [1.29, 1.82) is 0 Å². The topological polar surface area (TPSA) is 38.8 Å². The maximum absolute atomic E-state index is 15.3. The van der Waals surface area contributed by atoms with Crippen LogP contribution in [0.1, 0.15) is 70.7 Å². The predicted molar refractivity (Wildman–Crippen MR) is 101 cm³/mol. The third-order valence-corrected chi connectivity index (χ3v) is 6.13. The van der Waals surface area contributed by atoms with Crippen LogP contribution in [0, 0.1) is 5.82 Å². The summed E-state index contributed by atoms with van der Waals surface area (Å²) in [6.07, 6.45) is 3.98. The van der Waals surface area contributed by atoms with E-state index in [9.17, 15) is 4.79 Å². The van der Waals surface area contributed by atoms with Crippen molar-refractivity contribution in [2.75, 3.05) is 6.54 Å². The molecule has 0 radical (unpaired) electrons. The summed E-state index contributed by atoms with van der Waals surface area (Å²) >= 11 is 0. The molecule has 0 saturated carbocycles. The number of carbonyl (C=O) groups excluding carboxylic acids is 1. The van der Waals surface area contributed by atoms with Crippen LogP contribution in [0.5, 0.6) is 0 Å². The van der Waals surface area contributed by atoms with Gasteiger partial charge in [0, 0.05) is 18.0 Å². The van der Waals surface area contributed by atoms with E-state index in [4.69, 9.17) is 9.31 Å². The lowest BCUT2D eigenvalue weighted by atomic mass is 9.77. The Morgan fingerprint density at radius 2 is 1.88 bits per heavy atom. The monoisotopic (exact) mass is 361 g/mol. The Labute approximate surface area is 156 Å². The van der Waals surface area contributed by atoms with Crippen LogP contribution >= 0.6 is 0 Å². The highest BCUT2D eigenvalue weighted by molar-refractivity contribution is 6.62. The van der Waals surface area contributed by atoms with Gasteiger partial charge in [-0.25, -0.2) is 4.39 Å². The molecule has 0 spiro atoms. The molecule has 3 rings (SSSR count). The fourth-order valence-electron chi connectivity index (χ4n) is 3.71. The SMILES string of the molecule is CCC1CCCCN1C(=O)c1cccc(B2OC(C)(C)C(C)(C)O2)c1F. The van der Waals surface area contributed by atoms with Gasteiger partial charge in [-0.2, -0.15) is 0 Å². The van der Waals surface area contributed by atoms with E-state index in [1.165, 1.54) is 0 Å². The summed E-state index contributed by atoms with van der Waals surface area (Å²) in [5.41, 5.74) is -0.702. The Bertz CT molecular complexity index is 676. The van der Waals surface area contributed by atoms with Gasteiger partial charge in [0.2, 0.25) is 0 Å². The number of hydrogen-bond donors (Lipinski definition) is 0. The molecule has 2 saturated heterocycles. The van der Waals surface area contributed by atoms with Crippen molar-refractivity contribution in [1.82, 2.24) is 4.90 Å². The van der Waals surface area contributed by atoms with Gasteiger partial charge in [0.1, 0.15) is 5.82 Å². The Morgan fingerprint density at radius 1 is 1.23 bits per heavy atom. The van der Waals surface area contributed by atoms with E-state index >= 15 is 4.39 Å². The molecule has 2 aliphatic rings. The van der Waals surface area contributed by atoms with Gasteiger partial charge in [0.15, 0.2) is 0 Å². The molecule has 0 N–H and O–H groups in total. The summed E-state index contributed by atoms with van der Waals surface area (Å²) in [6, 6.07) is 5.10. The van der Waals surface area contributed by atoms with Crippen LogP contribution in [0.4, 0.5) is 4.39 Å². The second-order valence-electron chi connectivity index (χ2n) is 8.35. The van der Waals surface area contributed by atoms with Crippen LogP contribution < -0.4 is 5.46 Å². The average molecular weight is 361 g/mol. The lowest BCUT2D eigenvalue weighted by Crippen LogP contribution is -2.45. The molecule has 1 unspecified atom stereocenters. The third-order valence-electron chi connectivity index (χ3n) is 6.13. The average Bonchev–Trinajstić information content (AvgIpc) is 2.82. The van der Waals surface area contributed by atoms with Gasteiger partial charge in [-0.15, -0.1) is 0 Å². The first-order chi connectivity index (χ1) is 12.2. The van der Waals surface area contributed by atoms with Gasteiger partial charge in [-0.1, -0.05) is 19.1 Å². The summed E-state index contributed by atoms with van der Waals surface area (Å²) in [7, 11) is -0.809. The molecule has 2 fully saturated rings. The summed E-state index contributed by atoms with van der Waals surface area (Å²) in [5, 5.41) is 0. The van der Waals surface area contributed by atoms with Crippen LogP contribution in [0.25, 0.3) is 0 Å². The van der Waals surface area contributed by atoms with E-state index in [1.54, 1.807) is 18.2 Å². The van der Waals surface area contributed by atoms with Gasteiger partial charge < -0.3 is 14.2 Å². The molecule has 0 aliphatic carbocycles. The smallest absolute Gasteiger partial charge is 0.399 e. The van der Waals surface area contributed by atoms with Crippen molar-refractivity contribution in [3.63, 3.8) is 0 Å². The first-order valence-corrected chi connectivity index (χ1v) is 9.63. The van der Waals surface area contributed by atoms with Gasteiger partial charge in [-0.05, 0) is 59.4 Å². The number of halogens is 1. The number of amides is 1. The van der Waals surface area contributed by atoms with Crippen molar-refractivity contribution in [2.45, 2.75) is 77.5 Å². The molecular weight excluding hydrogens is 332 g/mol. The molecule has 1 aromatic rings. The second-order valence-corrected chi connectivity index (χ2v) is 8.35. The lowest BCUT2D eigenvalue weighted by Gasteiger charge is -2.35. The van der Waals surface area contributed by atoms with Crippen molar-refractivity contribution in [2.24, 2.45) is 0 Å². The first-order valence-electron chi connectivity index (χ1n) is 9.63. The fourth-order valence-corrected chi connectivity index (χ4v) is 3.71. The molecule has 6 heteroatoms. The maximum Gasteiger partial charge on any atom is 0.497 e. The zero-order valence-corrected chi connectivity index (χ0v) is 16.5. The van der Waals surface area contributed by atoms with E-state index in [0.29, 0.717) is 12.0 Å². The van der Waals surface area contributed by atoms with Gasteiger partial charge >= 0.3 is 7.12 Å². The zero-order valence-electron chi connectivity index (χ0n) is 16.5. The summed E-state index contributed by atoms with van der Waals surface area (Å²) in [5.74, 6) is -0.760. The number of rotatable bonds is 3. The summed E-state index contributed by atoms with van der Waals surface area (Å²) in [4.78, 5) is 14.8. The van der Waals surface area contributed by atoms with Crippen LogP contribution in [0.15, 0.2) is 18.2 Å². The number of benzene rings is 1. The Hall–Kier alpha value is -1.40. The van der Waals surface area contributed by atoms with Crippen LogP contribution in [0.2, 0.25) is 0 Å². The number of hydrogen-bond acceptors (Lipinski definition) is 3. The van der Waals surface area contributed by atoms with Crippen molar-refractivity contribution in [3.8, 4) is 0 Å². The number of piperidine rings is 1. The largest absolute Gasteiger partial charge is 0.497 e. The molecule has 26 heavy (non-hydrogen) atoms. The van der Waals surface area contributed by atoms with Gasteiger partial charge in [-0.3, -0.25) is 4.79 Å². The van der Waals surface area contributed by atoms with E-state index < -0.39 is 24.1 Å². The molecule has 142 valence electrons. The molecule has 2 heterocycles. The minimum absolute atomic E-state index is 0.109. The molecular formula is C20H29BFNO3. The van der Waals surface area contributed by atoms with E-state index in [2.05, 4.69) is 6.92 Å². The summed E-state index contributed by atoms with van der Waals surface area (Å²) in [6.45, 7) is 10.5. The standard InChI is InChI=1S/C20H29BFNO3/c1-6-14-10-7-8-13-23(14)18(24)15-11-9-12-16(17(15)22)21-25-19(2,3)20(4,5)26-21/h9,11-12,14H,6-8,10,13H2,1-5H3. The van der Waals surface area contributed by atoms with Gasteiger partial charge in [0.05, 0.1) is 16.8 Å². The van der Waals surface area contributed by atoms with Gasteiger partial charge in [0.25, 0.3) is 5.91 Å². The number of nitrogens with zero attached hydrogens (tertiary/aromatic N) is 1. The Kier molecular flexibility index (Phi) is 5.19. The normalized spacial score (nSPS) is 24.8. The molecule has 1 atom stereocenters. The Morgan fingerprint density at radius 3 is 2.50 bits per heavy atom. The zero-order chi connectivity index (χ0) is 19.1. The van der Waals surface area contributed by atoms with E-state index in [0.717, 1.165) is 25.7 Å². The van der Waals surface area contributed by atoms with Crippen LogP contribution in [0.3, 0.4) is 0 Å². The molecule has 4 nitrogen and oxygen atoms in total. The highest BCUT2D eigenvalue weighted by Gasteiger charge is 2.52. The lowest BCUT2D eigenvalue weighted by molar-refractivity contribution is 0.00578. The molecule has 0 bridgehead atoms. The van der Waals surface area contributed by atoms with Crippen molar-refractivity contribution < 1.29 is 18.5 Å².